The van der Waals surface area contributed by atoms with Crippen molar-refractivity contribution >= 4 is 11.9 Å². The summed E-state index contributed by atoms with van der Waals surface area (Å²) >= 11 is 0. The molecule has 1 unspecified atom stereocenters. The quantitative estimate of drug-likeness (QED) is 0.142. The lowest BCUT2D eigenvalue weighted by Crippen LogP contribution is -2.15. The second-order valence-electron chi connectivity index (χ2n) is 10.0. The predicted molar refractivity (Wildman–Crippen MR) is 130 cm³/mol. The third kappa shape index (κ3) is 20.6. The van der Waals surface area contributed by atoms with Crippen molar-refractivity contribution in [3.05, 3.63) is 0 Å². The molecule has 184 valence electrons. The van der Waals surface area contributed by atoms with Crippen LogP contribution in [0.15, 0.2) is 0 Å². The summed E-state index contributed by atoms with van der Waals surface area (Å²) in [5.74, 6) is 1.16. The molecule has 0 fully saturated rings. The molecule has 0 amide bonds. The van der Waals surface area contributed by atoms with Crippen molar-refractivity contribution in [3.8, 4) is 0 Å². The van der Waals surface area contributed by atoms with Crippen molar-refractivity contribution in [1.29, 1.82) is 0 Å². The molecule has 1 atom stereocenters. The average molecular weight is 441 g/mol. The maximum Gasteiger partial charge on any atom is 0.306 e. The van der Waals surface area contributed by atoms with Gasteiger partial charge in [-0.05, 0) is 52.4 Å². The summed E-state index contributed by atoms with van der Waals surface area (Å²) in [5, 5.41) is 0. The van der Waals surface area contributed by atoms with Gasteiger partial charge in [0.15, 0.2) is 0 Å². The first-order valence-electron chi connectivity index (χ1n) is 13.1. The number of hydrogen-bond donors (Lipinski definition) is 0. The van der Waals surface area contributed by atoms with E-state index in [0.717, 1.165) is 19.3 Å². The fraction of sp³-hybridized carbons (Fsp3) is 0.926. The maximum absolute atomic E-state index is 11.8. The van der Waals surface area contributed by atoms with Gasteiger partial charge in [0.25, 0.3) is 0 Å². The largest absolute Gasteiger partial charge is 0.463 e. The standard InChI is InChI=1S/C27H52O4/c1-22(2)25(20-21-27(29)31-24(5)6)18-16-14-12-10-8-7-9-11-13-15-17-19-26(28)30-23(3)4/h22-25H,7-21H2,1-6H3. The topological polar surface area (TPSA) is 52.6 Å². The molecule has 4 heteroatoms. The molecule has 0 aliphatic carbocycles. The van der Waals surface area contributed by atoms with Crippen LogP contribution in [0.25, 0.3) is 0 Å². The van der Waals surface area contributed by atoms with Crippen LogP contribution >= 0.6 is 0 Å². The summed E-state index contributed by atoms with van der Waals surface area (Å²) in [6.45, 7) is 12.2. The van der Waals surface area contributed by atoms with Gasteiger partial charge in [0.05, 0.1) is 12.2 Å². The summed E-state index contributed by atoms with van der Waals surface area (Å²) in [6, 6.07) is 0. The monoisotopic (exact) mass is 440 g/mol. The average Bonchev–Trinajstić information content (AvgIpc) is 2.66. The number of hydrogen-bond acceptors (Lipinski definition) is 4. The van der Waals surface area contributed by atoms with Crippen LogP contribution in [-0.4, -0.2) is 24.1 Å². The van der Waals surface area contributed by atoms with Gasteiger partial charge in [0, 0.05) is 12.8 Å². The molecule has 0 saturated carbocycles. The zero-order chi connectivity index (χ0) is 23.5. The van der Waals surface area contributed by atoms with Crippen LogP contribution in [0.3, 0.4) is 0 Å². The van der Waals surface area contributed by atoms with Gasteiger partial charge < -0.3 is 9.47 Å². The Morgan fingerprint density at radius 2 is 0.903 bits per heavy atom. The molecule has 0 N–H and O–H groups in total. The van der Waals surface area contributed by atoms with E-state index in [2.05, 4.69) is 13.8 Å². The summed E-state index contributed by atoms with van der Waals surface area (Å²) in [4.78, 5) is 23.2. The predicted octanol–water partition coefficient (Wildman–Crippen LogP) is 8.01. The molecule has 0 saturated heterocycles. The summed E-state index contributed by atoms with van der Waals surface area (Å²) in [5.41, 5.74) is 0. The van der Waals surface area contributed by atoms with Crippen LogP contribution in [0, 0.1) is 11.8 Å². The number of ether oxygens (including phenoxy) is 2. The normalized spacial score (nSPS) is 12.5. The lowest BCUT2D eigenvalue weighted by Gasteiger charge is -2.20. The van der Waals surface area contributed by atoms with Crippen LogP contribution in [0.4, 0.5) is 0 Å². The van der Waals surface area contributed by atoms with Crippen molar-refractivity contribution in [2.75, 3.05) is 0 Å². The van der Waals surface area contributed by atoms with Crippen LogP contribution in [0.2, 0.25) is 0 Å². The highest BCUT2D eigenvalue weighted by atomic mass is 16.5. The van der Waals surface area contributed by atoms with Crippen molar-refractivity contribution in [2.45, 2.75) is 150 Å². The highest BCUT2D eigenvalue weighted by Gasteiger charge is 2.16. The van der Waals surface area contributed by atoms with Crippen molar-refractivity contribution in [2.24, 2.45) is 11.8 Å². The summed E-state index contributed by atoms with van der Waals surface area (Å²) < 4.78 is 10.4. The highest BCUT2D eigenvalue weighted by molar-refractivity contribution is 5.69. The van der Waals surface area contributed by atoms with Crippen molar-refractivity contribution < 1.29 is 19.1 Å². The van der Waals surface area contributed by atoms with Gasteiger partial charge in [0.1, 0.15) is 0 Å². The van der Waals surface area contributed by atoms with Crippen molar-refractivity contribution in [1.82, 2.24) is 0 Å². The SMILES string of the molecule is CC(C)OC(=O)CCCCCCCCCCCCCC(CCC(=O)OC(C)C)C(C)C. The highest BCUT2D eigenvalue weighted by Crippen LogP contribution is 2.24. The maximum atomic E-state index is 11.8. The van der Waals surface area contributed by atoms with E-state index in [0.29, 0.717) is 24.7 Å². The fourth-order valence-corrected chi connectivity index (χ4v) is 4.02. The number of carbonyl (C=O) groups is 2. The summed E-state index contributed by atoms with van der Waals surface area (Å²) in [6.07, 6.45) is 17.2. The lowest BCUT2D eigenvalue weighted by molar-refractivity contribution is -0.148. The van der Waals surface area contributed by atoms with E-state index < -0.39 is 0 Å². The molecular weight excluding hydrogens is 388 g/mol. The number of esters is 2. The lowest BCUT2D eigenvalue weighted by atomic mass is 9.86. The van der Waals surface area contributed by atoms with Gasteiger partial charge >= 0.3 is 11.9 Å². The second-order valence-corrected chi connectivity index (χ2v) is 10.0. The fourth-order valence-electron chi connectivity index (χ4n) is 4.02. The number of carbonyl (C=O) groups excluding carboxylic acids is 2. The molecule has 31 heavy (non-hydrogen) atoms. The van der Waals surface area contributed by atoms with E-state index in [9.17, 15) is 9.59 Å². The molecule has 0 heterocycles. The molecule has 0 aromatic rings. The van der Waals surface area contributed by atoms with E-state index >= 15 is 0 Å². The molecular formula is C27H52O4. The zero-order valence-electron chi connectivity index (χ0n) is 21.5. The molecule has 0 radical (unpaired) electrons. The third-order valence-corrected chi connectivity index (χ3v) is 5.85. The third-order valence-electron chi connectivity index (χ3n) is 5.85. The van der Waals surface area contributed by atoms with E-state index in [1.54, 1.807) is 0 Å². The van der Waals surface area contributed by atoms with Gasteiger partial charge in [-0.15, -0.1) is 0 Å². The van der Waals surface area contributed by atoms with Gasteiger partial charge in [-0.3, -0.25) is 9.59 Å². The molecule has 0 spiro atoms. The molecule has 4 nitrogen and oxygen atoms in total. The Balaban J connectivity index is 3.52. The van der Waals surface area contributed by atoms with Gasteiger partial charge in [-0.2, -0.15) is 0 Å². The van der Waals surface area contributed by atoms with Crippen LogP contribution < -0.4 is 0 Å². The first-order valence-corrected chi connectivity index (χ1v) is 13.1. The Morgan fingerprint density at radius 1 is 0.516 bits per heavy atom. The molecule has 0 aromatic carbocycles. The van der Waals surface area contributed by atoms with Crippen LogP contribution in [-0.2, 0) is 19.1 Å². The van der Waals surface area contributed by atoms with E-state index in [4.69, 9.17) is 9.47 Å². The molecule has 0 aliphatic heterocycles. The smallest absolute Gasteiger partial charge is 0.306 e. The zero-order valence-corrected chi connectivity index (χ0v) is 21.5. The Bertz CT molecular complexity index is 443. The Morgan fingerprint density at radius 3 is 1.32 bits per heavy atom. The first kappa shape index (κ1) is 29.9. The number of rotatable bonds is 20. The molecule has 0 aromatic heterocycles. The minimum atomic E-state index is -0.0525. The minimum Gasteiger partial charge on any atom is -0.463 e. The van der Waals surface area contributed by atoms with Crippen LogP contribution in [0.1, 0.15) is 138 Å². The Labute approximate surface area is 193 Å². The molecule has 0 rings (SSSR count). The van der Waals surface area contributed by atoms with Gasteiger partial charge in [-0.1, -0.05) is 84.5 Å². The number of unbranched alkanes of at least 4 members (excludes halogenated alkanes) is 10. The molecule has 0 aliphatic rings. The second kappa shape index (κ2) is 19.6. The van der Waals surface area contributed by atoms with E-state index in [1.165, 1.54) is 64.2 Å². The Hall–Kier alpha value is -1.06. The minimum absolute atomic E-state index is 0.00414. The van der Waals surface area contributed by atoms with Gasteiger partial charge in [0.2, 0.25) is 0 Å². The van der Waals surface area contributed by atoms with E-state index in [1.807, 2.05) is 27.7 Å². The molecule has 0 bridgehead atoms. The van der Waals surface area contributed by atoms with Crippen molar-refractivity contribution in [3.63, 3.8) is 0 Å². The van der Waals surface area contributed by atoms with Crippen LogP contribution in [0.5, 0.6) is 0 Å². The van der Waals surface area contributed by atoms with Gasteiger partial charge in [-0.25, -0.2) is 0 Å². The van der Waals surface area contributed by atoms with E-state index in [-0.39, 0.29) is 24.1 Å². The summed E-state index contributed by atoms with van der Waals surface area (Å²) in [7, 11) is 0. The first-order chi connectivity index (χ1) is 14.7. The Kier molecular flexibility index (Phi) is 18.9.